The van der Waals surface area contributed by atoms with E-state index in [0.717, 1.165) is 31.2 Å². The van der Waals surface area contributed by atoms with Crippen molar-refractivity contribution >= 4 is 17.7 Å². The number of carbonyl (C=O) groups excluding carboxylic acids is 3. The van der Waals surface area contributed by atoms with Crippen molar-refractivity contribution in [1.82, 2.24) is 20.4 Å². The Balaban J connectivity index is 2.24. The molecule has 9 nitrogen and oxygen atoms in total. The van der Waals surface area contributed by atoms with Crippen molar-refractivity contribution < 1.29 is 29.0 Å². The second kappa shape index (κ2) is 21.0. The molecule has 4 unspecified atom stereocenters. The summed E-state index contributed by atoms with van der Waals surface area (Å²) in [6, 6.07) is 7.68. The average molecular weight is 645 g/mol. The van der Waals surface area contributed by atoms with Crippen molar-refractivity contribution in [3.05, 3.63) is 35.9 Å². The highest BCUT2D eigenvalue weighted by molar-refractivity contribution is 5.91. The van der Waals surface area contributed by atoms with E-state index in [9.17, 15) is 29.0 Å². The average Bonchev–Trinajstić information content (AvgIpc) is 3.04. The summed E-state index contributed by atoms with van der Waals surface area (Å²) in [5.74, 6) is 1.06. The Morgan fingerprint density at radius 1 is 1.02 bits per heavy atom. The van der Waals surface area contributed by atoms with Crippen LogP contribution in [0.2, 0.25) is 0 Å². The largest absolute Gasteiger partial charge is 0.390 e. The van der Waals surface area contributed by atoms with Gasteiger partial charge in [-0.3, -0.25) is 19.3 Å². The summed E-state index contributed by atoms with van der Waals surface area (Å²) in [4.78, 5) is 43.7. The molecule has 1 aromatic carbocycles. The van der Waals surface area contributed by atoms with Crippen LogP contribution in [-0.4, -0.2) is 96.0 Å². The molecule has 1 saturated carbocycles. The second-order valence-corrected chi connectivity index (χ2v) is 13.5. The molecule has 0 heterocycles. The van der Waals surface area contributed by atoms with E-state index in [1.54, 1.807) is 14.1 Å². The molecule has 0 aliphatic heterocycles. The summed E-state index contributed by atoms with van der Waals surface area (Å²) >= 11 is 0. The molecule has 0 radical (unpaired) electrons. The molecule has 1 aliphatic carbocycles. The van der Waals surface area contributed by atoms with E-state index in [4.69, 9.17) is 6.42 Å². The minimum atomic E-state index is -1.16. The number of likely N-dealkylation sites (N-methyl/N-ethyl adjacent to an activating group) is 2. The molecule has 0 saturated heterocycles. The molecule has 5 atom stereocenters. The van der Waals surface area contributed by atoms with E-state index >= 15 is 0 Å². The summed E-state index contributed by atoms with van der Waals surface area (Å²) < 4.78 is 12.9. The quantitative estimate of drug-likeness (QED) is 0.127. The number of benzene rings is 1. The Morgan fingerprint density at radius 2 is 1.70 bits per heavy atom. The third-order valence-corrected chi connectivity index (χ3v) is 8.93. The number of aliphatic hydroxyl groups is 2. The first-order valence-corrected chi connectivity index (χ1v) is 16.9. The van der Waals surface area contributed by atoms with E-state index in [0.29, 0.717) is 31.8 Å². The Kier molecular flexibility index (Phi) is 17.9. The van der Waals surface area contributed by atoms with Crippen molar-refractivity contribution in [2.24, 2.45) is 17.8 Å². The first kappa shape index (κ1) is 39.2. The van der Waals surface area contributed by atoms with Crippen LogP contribution in [-0.2, 0) is 20.8 Å². The lowest BCUT2D eigenvalue weighted by molar-refractivity contribution is -0.137. The molecule has 0 spiro atoms. The number of rotatable bonds is 20. The van der Waals surface area contributed by atoms with Crippen molar-refractivity contribution in [3.8, 4) is 12.3 Å². The topological polar surface area (TPSA) is 122 Å². The predicted molar refractivity (Wildman–Crippen MR) is 179 cm³/mol. The molecule has 10 heteroatoms. The highest BCUT2D eigenvalue weighted by atomic mass is 19.1. The molecule has 3 amide bonds. The number of alkyl halides is 1. The Morgan fingerprint density at radius 3 is 2.30 bits per heavy atom. The van der Waals surface area contributed by atoms with Gasteiger partial charge in [-0.1, -0.05) is 76.3 Å². The third kappa shape index (κ3) is 14.2. The molecule has 2 rings (SSSR count). The van der Waals surface area contributed by atoms with Gasteiger partial charge in [0, 0.05) is 33.0 Å². The Hall–Kier alpha value is -3.00. The number of hydrogen-bond acceptors (Lipinski definition) is 6. The molecular weight excluding hydrogens is 587 g/mol. The van der Waals surface area contributed by atoms with Crippen LogP contribution in [0.1, 0.15) is 83.6 Å². The lowest BCUT2D eigenvalue weighted by Gasteiger charge is -2.34. The second-order valence-electron chi connectivity index (χ2n) is 13.5. The summed E-state index contributed by atoms with van der Waals surface area (Å²) in [7, 11) is 3.25. The van der Waals surface area contributed by atoms with Gasteiger partial charge in [-0.15, -0.1) is 12.3 Å². The first-order chi connectivity index (χ1) is 21.9. The van der Waals surface area contributed by atoms with Crippen LogP contribution in [0.3, 0.4) is 0 Å². The minimum absolute atomic E-state index is 0.0928. The van der Waals surface area contributed by atoms with Crippen molar-refractivity contribution in [2.75, 3.05) is 34.0 Å². The smallest absolute Gasteiger partial charge is 0.242 e. The number of nitrogens with zero attached hydrogens (tertiary/aromatic N) is 2. The lowest BCUT2D eigenvalue weighted by atomic mass is 9.82. The number of terminal acetylenes is 1. The zero-order valence-corrected chi connectivity index (χ0v) is 28.3. The van der Waals surface area contributed by atoms with Crippen LogP contribution in [0.5, 0.6) is 0 Å². The van der Waals surface area contributed by atoms with Crippen LogP contribution < -0.4 is 10.6 Å². The summed E-state index contributed by atoms with van der Waals surface area (Å²) in [5, 5.41) is 27.8. The molecule has 1 fully saturated rings. The van der Waals surface area contributed by atoms with Gasteiger partial charge in [0.05, 0.1) is 18.1 Å². The molecule has 258 valence electrons. The fourth-order valence-electron chi connectivity index (χ4n) is 6.05. The summed E-state index contributed by atoms with van der Waals surface area (Å²) in [6.07, 6.45) is 10.3. The standard InChI is InChI=1S/C36H57FN4O5/c1-6-7-18-30(36(46)39-31(23-28-16-12-9-13-17-28)34(44)32(42)21-26(2)3)38-35(45)29(22-27-14-10-8-11-15-27)24-33(43)41(5)20-19-40(4)25-37/h1,8,10-11,14-15,26,28-32,34,42,44H,7,9,12-13,16-25H2,2-5H3,(H,38,45)(H,39,46)/t29?,30-,31?,32?,34?/m0/s1. The Bertz CT molecular complexity index is 1090. The minimum Gasteiger partial charge on any atom is -0.390 e. The lowest BCUT2D eigenvalue weighted by Crippen LogP contribution is -2.56. The van der Waals surface area contributed by atoms with Gasteiger partial charge in [0.25, 0.3) is 0 Å². The third-order valence-electron chi connectivity index (χ3n) is 8.93. The van der Waals surface area contributed by atoms with Gasteiger partial charge in [-0.25, -0.2) is 4.39 Å². The number of halogens is 1. The van der Waals surface area contributed by atoms with Crippen LogP contribution >= 0.6 is 0 Å². The maximum Gasteiger partial charge on any atom is 0.242 e. The number of aliphatic hydroxyl groups excluding tert-OH is 2. The SMILES string of the molecule is C#CCC[C@H](NC(=O)C(CC(=O)N(C)CCN(C)CF)Cc1ccccc1)C(=O)NC(CC1CCCCC1)C(O)C(O)CC(C)C. The number of nitrogens with one attached hydrogen (secondary N) is 2. The molecule has 0 bridgehead atoms. The maximum atomic E-state index is 13.8. The van der Waals surface area contributed by atoms with Gasteiger partial charge >= 0.3 is 0 Å². The van der Waals surface area contributed by atoms with Gasteiger partial charge in [0.15, 0.2) is 0 Å². The van der Waals surface area contributed by atoms with Crippen LogP contribution in [0.25, 0.3) is 0 Å². The predicted octanol–water partition coefficient (Wildman–Crippen LogP) is 3.67. The zero-order chi connectivity index (χ0) is 34.1. The highest BCUT2D eigenvalue weighted by Crippen LogP contribution is 2.29. The highest BCUT2D eigenvalue weighted by Gasteiger charge is 2.34. The van der Waals surface area contributed by atoms with E-state index in [1.165, 1.54) is 16.2 Å². The van der Waals surface area contributed by atoms with Gasteiger partial charge in [0.1, 0.15) is 18.9 Å². The fourth-order valence-corrected chi connectivity index (χ4v) is 6.05. The molecule has 1 aromatic rings. The van der Waals surface area contributed by atoms with E-state index in [1.807, 2.05) is 44.2 Å². The van der Waals surface area contributed by atoms with Crippen LogP contribution in [0.15, 0.2) is 30.3 Å². The van der Waals surface area contributed by atoms with Gasteiger partial charge in [-0.05, 0) is 50.1 Å². The number of hydrogen-bond donors (Lipinski definition) is 4. The monoisotopic (exact) mass is 644 g/mol. The van der Waals surface area contributed by atoms with Gasteiger partial charge < -0.3 is 25.7 Å². The van der Waals surface area contributed by atoms with Crippen LogP contribution in [0, 0.1) is 30.1 Å². The Labute approximate surface area is 275 Å². The van der Waals surface area contributed by atoms with Gasteiger partial charge in [-0.2, -0.15) is 0 Å². The molecule has 46 heavy (non-hydrogen) atoms. The van der Waals surface area contributed by atoms with E-state index in [-0.39, 0.29) is 37.5 Å². The fraction of sp³-hybridized carbons (Fsp3) is 0.694. The van der Waals surface area contributed by atoms with Crippen molar-refractivity contribution in [3.63, 3.8) is 0 Å². The summed E-state index contributed by atoms with van der Waals surface area (Å²) in [5.41, 5.74) is 0.870. The van der Waals surface area contributed by atoms with Crippen molar-refractivity contribution in [2.45, 2.75) is 109 Å². The zero-order valence-electron chi connectivity index (χ0n) is 28.3. The van der Waals surface area contributed by atoms with Gasteiger partial charge in [0.2, 0.25) is 17.7 Å². The normalized spacial score (nSPS) is 17.0. The number of amides is 3. The number of carbonyl (C=O) groups is 3. The maximum absolute atomic E-state index is 13.8. The molecular formula is C36H57FN4O5. The first-order valence-electron chi connectivity index (χ1n) is 16.9. The van der Waals surface area contributed by atoms with Crippen molar-refractivity contribution in [1.29, 1.82) is 0 Å². The van der Waals surface area contributed by atoms with Crippen LogP contribution in [0.4, 0.5) is 4.39 Å². The molecule has 4 N–H and O–H groups in total. The van der Waals surface area contributed by atoms with E-state index < -0.39 is 48.8 Å². The van der Waals surface area contributed by atoms with E-state index in [2.05, 4.69) is 16.6 Å². The summed E-state index contributed by atoms with van der Waals surface area (Å²) in [6.45, 7) is 3.96. The molecule has 0 aromatic heterocycles. The molecule has 1 aliphatic rings.